The highest BCUT2D eigenvalue weighted by molar-refractivity contribution is 7.80. The molecule has 1 aromatic carbocycles. The summed E-state index contributed by atoms with van der Waals surface area (Å²) in [4.78, 5) is 2.30. The number of nitrogens with two attached hydrogens (primary N) is 1. The van der Waals surface area contributed by atoms with Gasteiger partial charge in [0.2, 0.25) is 0 Å². The fourth-order valence-electron chi connectivity index (χ4n) is 1.72. The van der Waals surface area contributed by atoms with E-state index in [1.54, 1.807) is 12.3 Å². The quantitative estimate of drug-likeness (QED) is 0.830. The lowest BCUT2D eigenvalue weighted by molar-refractivity contribution is 1.03. The van der Waals surface area contributed by atoms with Crippen molar-refractivity contribution in [3.05, 3.63) is 42.1 Å². The molecule has 0 amide bonds. The predicted molar refractivity (Wildman–Crippen MR) is 82.0 cm³/mol. The summed E-state index contributed by atoms with van der Waals surface area (Å²) in [7, 11) is 3.96. The van der Waals surface area contributed by atoms with E-state index < -0.39 is 0 Å². The van der Waals surface area contributed by atoms with Crippen LogP contribution in [0.3, 0.4) is 0 Å². The van der Waals surface area contributed by atoms with Crippen LogP contribution in [0.5, 0.6) is 0 Å². The van der Waals surface area contributed by atoms with Crippen LogP contribution in [0, 0.1) is 0 Å². The summed E-state index contributed by atoms with van der Waals surface area (Å²) in [5.74, 6) is 0.560. The summed E-state index contributed by atoms with van der Waals surface area (Å²) in [5.41, 5.74) is 8.32. The first kappa shape index (κ1) is 13.2. The summed E-state index contributed by atoms with van der Waals surface area (Å²) in [5, 5.41) is 11.1. The van der Waals surface area contributed by atoms with E-state index in [1.165, 1.54) is 0 Å². The van der Waals surface area contributed by atoms with Crippen molar-refractivity contribution in [1.82, 2.24) is 10.2 Å². The van der Waals surface area contributed by atoms with Crippen LogP contribution in [-0.4, -0.2) is 29.3 Å². The summed E-state index contributed by atoms with van der Waals surface area (Å²) in [6.45, 7) is 0. The molecule has 0 aliphatic carbocycles. The first-order chi connectivity index (χ1) is 9.09. The third-order valence-corrected chi connectivity index (χ3v) is 2.85. The average molecular weight is 273 g/mol. The third-order valence-electron chi connectivity index (χ3n) is 2.63. The lowest BCUT2D eigenvalue weighted by Gasteiger charge is -2.18. The Labute approximate surface area is 117 Å². The van der Waals surface area contributed by atoms with Gasteiger partial charge in [0.05, 0.1) is 23.1 Å². The fourth-order valence-corrected chi connectivity index (χ4v) is 1.88. The van der Waals surface area contributed by atoms with Crippen LogP contribution in [0.1, 0.15) is 5.56 Å². The maximum atomic E-state index is 5.68. The molecule has 0 fully saturated rings. The average Bonchev–Trinajstić information content (AvgIpc) is 2.39. The molecule has 2 rings (SSSR count). The number of benzene rings is 1. The van der Waals surface area contributed by atoms with Gasteiger partial charge in [-0.1, -0.05) is 24.4 Å². The molecule has 0 saturated heterocycles. The Morgan fingerprint density at radius 1 is 1.26 bits per heavy atom. The van der Waals surface area contributed by atoms with Gasteiger partial charge in [0, 0.05) is 14.1 Å². The Bertz CT molecular complexity index is 597. The number of aromatic nitrogens is 2. The molecule has 1 aromatic heterocycles. The van der Waals surface area contributed by atoms with E-state index >= 15 is 0 Å². The molecule has 0 radical (unpaired) electrons. The van der Waals surface area contributed by atoms with Gasteiger partial charge in [-0.05, 0) is 18.2 Å². The van der Waals surface area contributed by atoms with Crippen molar-refractivity contribution in [3.8, 4) is 0 Å². The molecule has 0 unspecified atom stereocenters. The second-order valence-corrected chi connectivity index (χ2v) is 4.63. The fraction of sp³-hybridized carbons (Fsp3) is 0.154. The minimum absolute atomic E-state index is 0.291. The molecule has 1 heterocycles. The number of nitrogens with one attached hydrogen (secondary N) is 1. The van der Waals surface area contributed by atoms with Crippen molar-refractivity contribution in [1.29, 1.82) is 0 Å². The lowest BCUT2D eigenvalue weighted by atomic mass is 10.2. The number of rotatable bonds is 4. The van der Waals surface area contributed by atoms with Gasteiger partial charge in [0.15, 0.2) is 5.82 Å². The molecule has 2 aromatic rings. The smallest absolute Gasteiger partial charge is 0.163 e. The standard InChI is InChI=1S/C13H15N5S/c1-18(2)11-6-4-3-5-10(11)16-13-9(12(14)19)7-8-15-17-13/h3-8H,1-2H3,(H2,14,19)(H,16,17). The maximum Gasteiger partial charge on any atom is 0.163 e. The molecule has 19 heavy (non-hydrogen) atoms. The molecule has 0 atom stereocenters. The Kier molecular flexibility index (Phi) is 3.91. The molecule has 3 N–H and O–H groups in total. The van der Waals surface area contributed by atoms with Crippen LogP contribution in [0.4, 0.5) is 17.2 Å². The van der Waals surface area contributed by atoms with Gasteiger partial charge in [0.25, 0.3) is 0 Å². The highest BCUT2D eigenvalue weighted by Crippen LogP contribution is 2.27. The van der Waals surface area contributed by atoms with Gasteiger partial charge in [-0.25, -0.2) is 0 Å². The van der Waals surface area contributed by atoms with Crippen molar-refractivity contribution in [2.24, 2.45) is 5.73 Å². The van der Waals surface area contributed by atoms with E-state index in [2.05, 4.69) is 15.5 Å². The summed E-state index contributed by atoms with van der Waals surface area (Å²) >= 11 is 5.01. The zero-order valence-corrected chi connectivity index (χ0v) is 11.6. The van der Waals surface area contributed by atoms with Gasteiger partial charge in [0.1, 0.15) is 4.99 Å². The Morgan fingerprint density at radius 3 is 2.68 bits per heavy atom. The molecule has 6 heteroatoms. The lowest BCUT2D eigenvalue weighted by Crippen LogP contribution is -2.15. The van der Waals surface area contributed by atoms with Crippen LogP contribution in [-0.2, 0) is 0 Å². The SMILES string of the molecule is CN(C)c1ccccc1Nc1nnccc1C(N)=S. The minimum Gasteiger partial charge on any atom is -0.389 e. The number of nitrogens with zero attached hydrogens (tertiary/aromatic N) is 3. The summed E-state index contributed by atoms with van der Waals surface area (Å²) in [6, 6.07) is 9.65. The highest BCUT2D eigenvalue weighted by atomic mass is 32.1. The van der Waals surface area contributed by atoms with E-state index in [1.807, 2.05) is 43.3 Å². The van der Waals surface area contributed by atoms with Crippen LogP contribution in [0.15, 0.2) is 36.5 Å². The molecular formula is C13H15N5S. The van der Waals surface area contributed by atoms with Crippen molar-refractivity contribution in [2.75, 3.05) is 24.3 Å². The second kappa shape index (κ2) is 5.62. The van der Waals surface area contributed by atoms with E-state index in [-0.39, 0.29) is 0 Å². The normalized spacial score (nSPS) is 10.0. The van der Waals surface area contributed by atoms with Gasteiger partial charge in [-0.15, -0.1) is 5.10 Å². The molecule has 5 nitrogen and oxygen atoms in total. The number of hydrogen-bond acceptors (Lipinski definition) is 5. The summed E-state index contributed by atoms with van der Waals surface area (Å²) < 4.78 is 0. The molecule has 0 aliphatic rings. The van der Waals surface area contributed by atoms with E-state index in [0.717, 1.165) is 11.4 Å². The number of anilines is 3. The number of para-hydroxylation sites is 2. The minimum atomic E-state index is 0.291. The van der Waals surface area contributed by atoms with Gasteiger partial charge >= 0.3 is 0 Å². The first-order valence-corrected chi connectivity index (χ1v) is 6.15. The van der Waals surface area contributed by atoms with Gasteiger partial charge in [-0.2, -0.15) is 5.10 Å². The molecule has 0 aliphatic heterocycles. The molecule has 98 valence electrons. The number of thiocarbonyl (C=S) groups is 1. The van der Waals surface area contributed by atoms with Crippen LogP contribution in [0.2, 0.25) is 0 Å². The van der Waals surface area contributed by atoms with Crippen LogP contribution >= 0.6 is 12.2 Å². The number of hydrogen-bond donors (Lipinski definition) is 2. The van der Waals surface area contributed by atoms with E-state index in [0.29, 0.717) is 16.4 Å². The van der Waals surface area contributed by atoms with Crippen molar-refractivity contribution < 1.29 is 0 Å². The van der Waals surface area contributed by atoms with Crippen molar-refractivity contribution >= 4 is 34.4 Å². The van der Waals surface area contributed by atoms with Crippen molar-refractivity contribution in [3.63, 3.8) is 0 Å². The Hall–Kier alpha value is -2.21. The predicted octanol–water partition coefficient (Wildman–Crippen LogP) is 1.92. The Morgan fingerprint density at radius 2 is 2.00 bits per heavy atom. The molecule has 0 saturated carbocycles. The van der Waals surface area contributed by atoms with Crippen LogP contribution < -0.4 is 16.0 Å². The largest absolute Gasteiger partial charge is 0.389 e. The maximum absolute atomic E-state index is 5.68. The molecular weight excluding hydrogens is 258 g/mol. The van der Waals surface area contributed by atoms with Gasteiger partial charge in [-0.3, -0.25) is 0 Å². The highest BCUT2D eigenvalue weighted by Gasteiger charge is 2.10. The molecule has 0 spiro atoms. The monoisotopic (exact) mass is 273 g/mol. The second-order valence-electron chi connectivity index (χ2n) is 4.19. The summed E-state index contributed by atoms with van der Waals surface area (Å²) in [6.07, 6.45) is 1.57. The van der Waals surface area contributed by atoms with E-state index in [9.17, 15) is 0 Å². The third kappa shape index (κ3) is 2.97. The topological polar surface area (TPSA) is 67.1 Å². The van der Waals surface area contributed by atoms with Crippen molar-refractivity contribution in [2.45, 2.75) is 0 Å². The first-order valence-electron chi connectivity index (χ1n) is 5.74. The zero-order valence-electron chi connectivity index (χ0n) is 10.8. The molecule has 0 bridgehead atoms. The zero-order chi connectivity index (χ0) is 13.8. The van der Waals surface area contributed by atoms with Crippen LogP contribution in [0.25, 0.3) is 0 Å². The Balaban J connectivity index is 2.39. The van der Waals surface area contributed by atoms with Gasteiger partial charge < -0.3 is 16.0 Å². The van der Waals surface area contributed by atoms with E-state index in [4.69, 9.17) is 18.0 Å².